The molecule has 1 amide bonds. The van der Waals surface area contributed by atoms with Crippen molar-refractivity contribution in [2.45, 2.75) is 44.6 Å². The third-order valence-electron chi connectivity index (χ3n) is 4.33. The summed E-state index contributed by atoms with van der Waals surface area (Å²) in [5.74, 6) is 0.134. The van der Waals surface area contributed by atoms with Crippen LogP contribution in [0.1, 0.15) is 37.8 Å². The fourth-order valence-corrected chi connectivity index (χ4v) is 4.29. The summed E-state index contributed by atoms with van der Waals surface area (Å²) in [5.41, 5.74) is 2.61. The SMILES string of the molecule is COc1ccc(S(=O)(=O)N[C@H](C)C(=O)Nc2c(C)cccc2C(C)C)cc1Cl. The standard InChI is InChI=1S/C20H25ClN2O4S/c1-12(2)16-8-6-7-13(3)19(16)22-20(24)14(4)23-28(25,26)15-9-10-18(27-5)17(21)11-15/h6-12,14,23H,1-5H3,(H,22,24)/t14-/m1/s1. The summed E-state index contributed by atoms with van der Waals surface area (Å²) in [6.07, 6.45) is 0. The van der Waals surface area contributed by atoms with Crippen LogP contribution in [0, 0.1) is 6.92 Å². The molecule has 2 aromatic carbocycles. The minimum atomic E-state index is -3.93. The molecule has 0 aromatic heterocycles. The van der Waals surface area contributed by atoms with Crippen molar-refractivity contribution in [1.82, 2.24) is 4.72 Å². The number of benzene rings is 2. The highest BCUT2D eigenvalue weighted by Crippen LogP contribution is 2.28. The van der Waals surface area contributed by atoms with E-state index in [9.17, 15) is 13.2 Å². The second kappa shape index (κ2) is 8.94. The van der Waals surface area contributed by atoms with Gasteiger partial charge in [-0.15, -0.1) is 0 Å². The van der Waals surface area contributed by atoms with E-state index in [2.05, 4.69) is 10.0 Å². The maximum atomic E-state index is 12.6. The first-order valence-corrected chi connectivity index (χ1v) is 10.7. The molecule has 2 rings (SSSR count). The summed E-state index contributed by atoms with van der Waals surface area (Å²) >= 11 is 6.01. The molecule has 0 radical (unpaired) electrons. The van der Waals surface area contributed by atoms with E-state index >= 15 is 0 Å². The summed E-state index contributed by atoms with van der Waals surface area (Å²) in [6, 6.07) is 8.91. The molecule has 0 aliphatic heterocycles. The van der Waals surface area contributed by atoms with Gasteiger partial charge in [0.2, 0.25) is 15.9 Å². The number of nitrogens with one attached hydrogen (secondary N) is 2. The maximum Gasteiger partial charge on any atom is 0.242 e. The van der Waals surface area contributed by atoms with Crippen LogP contribution in [0.3, 0.4) is 0 Å². The molecule has 8 heteroatoms. The Hall–Kier alpha value is -2.09. The number of ether oxygens (including phenoxy) is 1. The van der Waals surface area contributed by atoms with Crippen molar-refractivity contribution in [1.29, 1.82) is 0 Å². The van der Waals surface area contributed by atoms with E-state index in [-0.39, 0.29) is 15.8 Å². The number of halogens is 1. The highest BCUT2D eigenvalue weighted by molar-refractivity contribution is 7.89. The molecule has 0 spiro atoms. The molecule has 0 saturated heterocycles. The van der Waals surface area contributed by atoms with Gasteiger partial charge in [0.15, 0.2) is 0 Å². The number of sulfonamides is 1. The Morgan fingerprint density at radius 2 is 1.82 bits per heavy atom. The van der Waals surface area contributed by atoms with Gasteiger partial charge in [0, 0.05) is 5.69 Å². The monoisotopic (exact) mass is 424 g/mol. The van der Waals surface area contributed by atoms with Gasteiger partial charge in [-0.25, -0.2) is 8.42 Å². The summed E-state index contributed by atoms with van der Waals surface area (Å²) < 4.78 is 32.6. The van der Waals surface area contributed by atoms with Gasteiger partial charge in [0.1, 0.15) is 5.75 Å². The number of hydrogen-bond acceptors (Lipinski definition) is 4. The van der Waals surface area contributed by atoms with Gasteiger partial charge in [-0.1, -0.05) is 43.6 Å². The third-order valence-corrected chi connectivity index (χ3v) is 6.17. The molecule has 0 bridgehead atoms. The third kappa shape index (κ3) is 5.04. The first kappa shape index (κ1) is 22.2. The number of rotatable bonds is 7. The van der Waals surface area contributed by atoms with Gasteiger partial charge in [-0.2, -0.15) is 4.72 Å². The minimum absolute atomic E-state index is 0.0447. The molecule has 0 aliphatic carbocycles. The highest BCUT2D eigenvalue weighted by atomic mass is 35.5. The van der Waals surface area contributed by atoms with Crippen LogP contribution in [0.5, 0.6) is 5.75 Å². The Bertz CT molecular complexity index is 974. The lowest BCUT2D eigenvalue weighted by Crippen LogP contribution is -2.41. The van der Waals surface area contributed by atoms with Crippen LogP contribution in [0.25, 0.3) is 0 Å². The van der Waals surface area contributed by atoms with Crippen LogP contribution in [-0.2, 0) is 14.8 Å². The van der Waals surface area contributed by atoms with E-state index in [0.717, 1.165) is 11.1 Å². The molecule has 152 valence electrons. The molecule has 6 nitrogen and oxygen atoms in total. The van der Waals surface area contributed by atoms with Crippen molar-refractivity contribution in [3.63, 3.8) is 0 Å². The van der Waals surface area contributed by atoms with Crippen molar-refractivity contribution >= 4 is 33.2 Å². The van der Waals surface area contributed by atoms with Gasteiger partial charge in [0.05, 0.1) is 23.1 Å². The van der Waals surface area contributed by atoms with Crippen molar-refractivity contribution in [3.05, 3.63) is 52.5 Å². The Labute approximate surface area is 171 Å². The Kier molecular flexibility index (Phi) is 7.09. The molecule has 0 saturated carbocycles. The second-order valence-corrected chi connectivity index (χ2v) is 8.94. The van der Waals surface area contributed by atoms with Gasteiger partial charge in [-0.05, 0) is 49.1 Å². The molecule has 0 fully saturated rings. The number of carbonyl (C=O) groups is 1. The van der Waals surface area contributed by atoms with Gasteiger partial charge in [0.25, 0.3) is 0 Å². The second-order valence-electron chi connectivity index (χ2n) is 6.82. The van der Waals surface area contributed by atoms with Gasteiger partial charge < -0.3 is 10.1 Å². The van der Waals surface area contributed by atoms with Gasteiger partial charge >= 0.3 is 0 Å². The van der Waals surface area contributed by atoms with E-state index in [1.807, 2.05) is 39.0 Å². The van der Waals surface area contributed by atoms with Crippen LogP contribution in [0.4, 0.5) is 5.69 Å². The fourth-order valence-electron chi connectivity index (χ4n) is 2.74. The number of amides is 1. The predicted molar refractivity (Wildman–Crippen MR) is 112 cm³/mol. The number of carbonyl (C=O) groups excluding carboxylic acids is 1. The lowest BCUT2D eigenvalue weighted by Gasteiger charge is -2.19. The van der Waals surface area contributed by atoms with Crippen LogP contribution in [-0.4, -0.2) is 27.5 Å². The van der Waals surface area contributed by atoms with Crippen molar-refractivity contribution in [2.75, 3.05) is 12.4 Å². The average molecular weight is 425 g/mol. The summed E-state index contributed by atoms with van der Waals surface area (Å²) in [5, 5.41) is 3.02. The first-order chi connectivity index (χ1) is 13.1. The van der Waals surface area contributed by atoms with Gasteiger partial charge in [-0.3, -0.25) is 4.79 Å². The summed E-state index contributed by atoms with van der Waals surface area (Å²) in [7, 11) is -2.49. The van der Waals surface area contributed by atoms with Crippen LogP contribution in [0.15, 0.2) is 41.3 Å². The molecule has 0 heterocycles. The van der Waals surface area contributed by atoms with E-state index in [1.54, 1.807) is 0 Å². The lowest BCUT2D eigenvalue weighted by atomic mass is 9.98. The fraction of sp³-hybridized carbons (Fsp3) is 0.350. The molecule has 1 atom stereocenters. The Balaban J connectivity index is 2.20. The number of para-hydroxylation sites is 1. The van der Waals surface area contributed by atoms with E-state index in [1.165, 1.54) is 32.2 Å². The molecular formula is C20H25ClN2O4S. The van der Waals surface area contributed by atoms with E-state index in [0.29, 0.717) is 11.4 Å². The summed E-state index contributed by atoms with van der Waals surface area (Å²) in [6.45, 7) is 7.45. The zero-order valence-electron chi connectivity index (χ0n) is 16.5. The van der Waals surface area contributed by atoms with Crippen molar-refractivity contribution < 1.29 is 17.9 Å². The molecule has 0 unspecified atom stereocenters. The topological polar surface area (TPSA) is 84.5 Å². The first-order valence-electron chi connectivity index (χ1n) is 8.83. The Morgan fingerprint density at radius 1 is 1.14 bits per heavy atom. The highest BCUT2D eigenvalue weighted by Gasteiger charge is 2.24. The maximum absolute atomic E-state index is 12.6. The molecule has 2 aromatic rings. The quantitative estimate of drug-likeness (QED) is 0.701. The molecule has 0 aliphatic rings. The van der Waals surface area contributed by atoms with E-state index in [4.69, 9.17) is 16.3 Å². The predicted octanol–water partition coefficient (Wildman–Crippen LogP) is 4.09. The summed E-state index contributed by atoms with van der Waals surface area (Å²) in [4.78, 5) is 12.6. The normalized spacial score (nSPS) is 12.7. The smallest absolute Gasteiger partial charge is 0.242 e. The number of aryl methyl sites for hydroxylation is 1. The largest absolute Gasteiger partial charge is 0.495 e. The van der Waals surface area contributed by atoms with Crippen LogP contribution >= 0.6 is 11.6 Å². The van der Waals surface area contributed by atoms with Crippen LogP contribution < -0.4 is 14.8 Å². The van der Waals surface area contributed by atoms with Crippen LogP contribution in [0.2, 0.25) is 5.02 Å². The van der Waals surface area contributed by atoms with Crippen molar-refractivity contribution in [3.8, 4) is 5.75 Å². The van der Waals surface area contributed by atoms with Crippen molar-refractivity contribution in [2.24, 2.45) is 0 Å². The zero-order valence-corrected chi connectivity index (χ0v) is 18.1. The average Bonchev–Trinajstić information content (AvgIpc) is 2.62. The zero-order chi connectivity index (χ0) is 21.1. The molecular weight excluding hydrogens is 400 g/mol. The number of hydrogen-bond donors (Lipinski definition) is 2. The lowest BCUT2D eigenvalue weighted by molar-refractivity contribution is -0.117. The minimum Gasteiger partial charge on any atom is -0.495 e. The Morgan fingerprint density at radius 3 is 2.39 bits per heavy atom. The number of methoxy groups -OCH3 is 1. The molecule has 2 N–H and O–H groups in total. The molecule has 28 heavy (non-hydrogen) atoms. The van der Waals surface area contributed by atoms with E-state index < -0.39 is 22.0 Å². The number of anilines is 1.